The average molecular weight is 385 g/mol. The van der Waals surface area contributed by atoms with Crippen molar-refractivity contribution in [1.82, 2.24) is 0 Å². The summed E-state index contributed by atoms with van der Waals surface area (Å²) in [6.45, 7) is 11.7. The summed E-state index contributed by atoms with van der Waals surface area (Å²) in [6, 6.07) is 0. The van der Waals surface area contributed by atoms with Crippen molar-refractivity contribution in [3.05, 3.63) is 23.8 Å². The Bertz CT molecular complexity index is 807. The van der Waals surface area contributed by atoms with Crippen LogP contribution in [0, 0.1) is 28.6 Å². The molecule has 0 aliphatic heterocycles. The fourth-order valence-corrected chi connectivity index (χ4v) is 7.63. The average Bonchev–Trinajstić information content (AvgIpc) is 2.83. The van der Waals surface area contributed by atoms with Crippen LogP contribution in [0.4, 0.5) is 0 Å². The number of ketones is 2. The summed E-state index contributed by atoms with van der Waals surface area (Å²) < 4.78 is 5.83. The number of ether oxygens (including phenoxy) is 1. The number of hydrogen-bond acceptors (Lipinski definition) is 4. The SMILES string of the molecule is C=C1C[C@@H]2[C@H]3CCC4=CC(=O)CC[C@]4(C)[C@H]3CC[C@]2(C)[C@@]1(OC(C)=O)C(C)=O. The van der Waals surface area contributed by atoms with Gasteiger partial charge in [0.25, 0.3) is 0 Å². The Labute approximate surface area is 167 Å². The highest BCUT2D eigenvalue weighted by molar-refractivity contribution is 5.93. The molecule has 3 saturated carbocycles. The molecule has 3 fully saturated rings. The van der Waals surface area contributed by atoms with Gasteiger partial charge in [0.15, 0.2) is 17.2 Å². The number of carbonyl (C=O) groups excluding carboxylic acids is 3. The molecule has 0 bridgehead atoms. The zero-order valence-corrected chi connectivity index (χ0v) is 17.6. The number of allylic oxidation sites excluding steroid dienone is 1. The molecule has 0 heterocycles. The minimum absolute atomic E-state index is 0.0857. The van der Waals surface area contributed by atoms with E-state index in [-0.39, 0.29) is 22.9 Å². The van der Waals surface area contributed by atoms with Crippen molar-refractivity contribution in [1.29, 1.82) is 0 Å². The second-order valence-corrected chi connectivity index (χ2v) is 10.1. The van der Waals surface area contributed by atoms with Crippen molar-refractivity contribution in [3.63, 3.8) is 0 Å². The van der Waals surface area contributed by atoms with Gasteiger partial charge >= 0.3 is 5.97 Å². The maximum Gasteiger partial charge on any atom is 0.303 e. The third kappa shape index (κ3) is 2.32. The maximum absolute atomic E-state index is 12.9. The van der Waals surface area contributed by atoms with Crippen LogP contribution in [0.1, 0.15) is 72.6 Å². The lowest BCUT2D eigenvalue weighted by atomic mass is 9.46. The summed E-state index contributed by atoms with van der Waals surface area (Å²) in [7, 11) is 0. The van der Waals surface area contributed by atoms with Gasteiger partial charge in [0.05, 0.1) is 0 Å². The van der Waals surface area contributed by atoms with Crippen molar-refractivity contribution < 1.29 is 19.1 Å². The Morgan fingerprint density at radius 3 is 2.46 bits per heavy atom. The van der Waals surface area contributed by atoms with Gasteiger partial charge in [-0.1, -0.05) is 26.0 Å². The highest BCUT2D eigenvalue weighted by Gasteiger charge is 2.69. The summed E-state index contributed by atoms with van der Waals surface area (Å²) in [5.41, 5.74) is 0.609. The van der Waals surface area contributed by atoms with Gasteiger partial charge in [-0.05, 0) is 80.3 Å². The van der Waals surface area contributed by atoms with Crippen molar-refractivity contribution in [2.45, 2.75) is 78.2 Å². The van der Waals surface area contributed by atoms with Gasteiger partial charge in [-0.3, -0.25) is 14.4 Å². The molecule has 0 N–H and O–H groups in total. The summed E-state index contributed by atoms with van der Waals surface area (Å²) in [4.78, 5) is 36.8. The van der Waals surface area contributed by atoms with Gasteiger partial charge in [0.1, 0.15) is 0 Å². The number of Topliss-reactive ketones (excluding diaryl/α,β-unsaturated/α-hetero) is 1. The van der Waals surface area contributed by atoms with Crippen molar-refractivity contribution in [2.75, 3.05) is 0 Å². The highest BCUT2D eigenvalue weighted by Crippen LogP contribution is 2.69. The Hall–Kier alpha value is -1.71. The van der Waals surface area contributed by atoms with Crippen LogP contribution in [0.2, 0.25) is 0 Å². The van der Waals surface area contributed by atoms with E-state index in [1.807, 2.05) is 6.08 Å². The van der Waals surface area contributed by atoms with Gasteiger partial charge in [0.2, 0.25) is 0 Å². The van der Waals surface area contributed by atoms with Gasteiger partial charge in [-0.2, -0.15) is 0 Å². The summed E-state index contributed by atoms with van der Waals surface area (Å²) in [6.07, 6.45) is 8.10. The Morgan fingerprint density at radius 1 is 1.11 bits per heavy atom. The maximum atomic E-state index is 12.9. The van der Waals surface area contributed by atoms with Gasteiger partial charge < -0.3 is 4.74 Å². The summed E-state index contributed by atoms with van der Waals surface area (Å²) in [5.74, 6) is 1.05. The molecule has 4 aliphatic rings. The van der Waals surface area contributed by atoms with E-state index >= 15 is 0 Å². The smallest absolute Gasteiger partial charge is 0.303 e. The van der Waals surface area contributed by atoms with Crippen molar-refractivity contribution in [2.24, 2.45) is 28.6 Å². The molecule has 4 rings (SSSR count). The molecule has 0 saturated heterocycles. The number of rotatable bonds is 2. The van der Waals surface area contributed by atoms with Crippen LogP contribution in [0.5, 0.6) is 0 Å². The fourth-order valence-electron chi connectivity index (χ4n) is 7.63. The van der Waals surface area contributed by atoms with Crippen molar-refractivity contribution in [3.8, 4) is 0 Å². The van der Waals surface area contributed by atoms with Crippen molar-refractivity contribution >= 4 is 17.5 Å². The molecule has 4 heteroatoms. The first-order chi connectivity index (χ1) is 13.1. The number of fused-ring (bicyclic) bond motifs is 5. The van der Waals surface area contributed by atoms with Crippen LogP contribution in [-0.4, -0.2) is 23.1 Å². The molecular formula is C24H32O4. The van der Waals surface area contributed by atoms with Gasteiger partial charge in [-0.15, -0.1) is 0 Å². The second kappa shape index (κ2) is 6.14. The van der Waals surface area contributed by atoms with Crippen LogP contribution in [0.25, 0.3) is 0 Å². The van der Waals surface area contributed by atoms with E-state index in [0.29, 0.717) is 18.3 Å². The molecule has 0 unspecified atom stereocenters. The van der Waals surface area contributed by atoms with E-state index in [0.717, 1.165) is 44.1 Å². The first kappa shape index (κ1) is 19.6. The zero-order chi connectivity index (χ0) is 20.5. The zero-order valence-electron chi connectivity index (χ0n) is 17.6. The van der Waals surface area contributed by atoms with Gasteiger partial charge in [0, 0.05) is 18.8 Å². The number of carbonyl (C=O) groups is 3. The predicted molar refractivity (Wildman–Crippen MR) is 106 cm³/mol. The lowest BCUT2D eigenvalue weighted by molar-refractivity contribution is -0.181. The summed E-state index contributed by atoms with van der Waals surface area (Å²) >= 11 is 0. The molecule has 4 aliphatic carbocycles. The summed E-state index contributed by atoms with van der Waals surface area (Å²) in [5, 5.41) is 0. The van der Waals surface area contributed by atoms with Crippen LogP contribution in [0.3, 0.4) is 0 Å². The van der Waals surface area contributed by atoms with E-state index in [1.165, 1.54) is 12.5 Å². The normalized spacial score (nSPS) is 44.9. The molecule has 0 aromatic rings. The van der Waals surface area contributed by atoms with E-state index in [9.17, 15) is 14.4 Å². The Morgan fingerprint density at radius 2 is 1.82 bits per heavy atom. The fraction of sp³-hybridized carbons (Fsp3) is 0.708. The molecule has 28 heavy (non-hydrogen) atoms. The Kier molecular flexibility index (Phi) is 4.30. The first-order valence-electron chi connectivity index (χ1n) is 10.7. The second-order valence-electron chi connectivity index (χ2n) is 10.1. The van der Waals surface area contributed by atoms with Crippen LogP contribution in [0.15, 0.2) is 23.8 Å². The predicted octanol–water partition coefficient (Wildman–Crippen LogP) is 4.58. The van der Waals surface area contributed by atoms with E-state index < -0.39 is 17.0 Å². The number of esters is 1. The monoisotopic (exact) mass is 384 g/mol. The molecule has 6 atom stereocenters. The molecular weight excluding hydrogens is 352 g/mol. The minimum atomic E-state index is -1.19. The quantitative estimate of drug-likeness (QED) is 0.517. The Balaban J connectivity index is 1.75. The van der Waals surface area contributed by atoms with Crippen LogP contribution in [-0.2, 0) is 19.1 Å². The van der Waals surface area contributed by atoms with Gasteiger partial charge in [-0.25, -0.2) is 0 Å². The third-order valence-electron chi connectivity index (χ3n) is 8.91. The molecule has 152 valence electrons. The lowest BCUT2D eigenvalue weighted by Crippen LogP contribution is -2.59. The van der Waals surface area contributed by atoms with E-state index in [4.69, 9.17) is 4.74 Å². The van der Waals surface area contributed by atoms with Crippen LogP contribution >= 0.6 is 0 Å². The lowest BCUT2D eigenvalue weighted by Gasteiger charge is -2.58. The molecule has 0 radical (unpaired) electrons. The van der Waals surface area contributed by atoms with E-state index in [1.54, 1.807) is 6.92 Å². The molecule has 0 amide bonds. The number of hydrogen-bond donors (Lipinski definition) is 0. The standard InChI is InChI=1S/C24H32O4/c1-14-12-21-19-7-6-17-13-18(27)8-10-22(17,4)20(19)9-11-23(21,5)24(14,15(2)25)28-16(3)26/h13,19-21H,1,6-12H2,2-5H3/t19-,20-,21+,22-,23-,24-/m0/s1. The molecule has 4 nitrogen and oxygen atoms in total. The van der Waals surface area contributed by atoms with E-state index in [2.05, 4.69) is 20.4 Å². The largest absolute Gasteiger partial charge is 0.446 e. The van der Waals surface area contributed by atoms with Crippen LogP contribution < -0.4 is 0 Å². The molecule has 0 aromatic carbocycles. The third-order valence-corrected chi connectivity index (χ3v) is 8.91. The minimum Gasteiger partial charge on any atom is -0.446 e. The highest BCUT2D eigenvalue weighted by atomic mass is 16.6. The molecule has 0 spiro atoms. The molecule has 0 aromatic heterocycles. The topological polar surface area (TPSA) is 60.4 Å². The first-order valence-corrected chi connectivity index (χ1v) is 10.7.